The number of sulfonamides is 1. The highest BCUT2D eigenvalue weighted by atomic mass is 35.5. The van der Waals surface area contributed by atoms with E-state index in [4.69, 9.17) is 0 Å². The molecule has 0 amide bonds. The summed E-state index contributed by atoms with van der Waals surface area (Å²) in [6, 6.07) is 5.27. The van der Waals surface area contributed by atoms with E-state index in [1.807, 2.05) is 0 Å². The van der Waals surface area contributed by atoms with Gasteiger partial charge in [0.25, 0.3) is 0 Å². The molecule has 0 radical (unpaired) electrons. The SMILES string of the molecule is CS(=O)(=O)c1ccc(S(=O)(=O)NCCC2CCCNC2)cc1.Cl. The first-order valence-electron chi connectivity index (χ1n) is 7.29. The highest BCUT2D eigenvalue weighted by Crippen LogP contribution is 2.16. The van der Waals surface area contributed by atoms with Crippen molar-refractivity contribution in [1.29, 1.82) is 0 Å². The van der Waals surface area contributed by atoms with Gasteiger partial charge in [0.15, 0.2) is 9.84 Å². The van der Waals surface area contributed by atoms with E-state index in [0.29, 0.717) is 12.5 Å². The van der Waals surface area contributed by atoms with Crippen LogP contribution in [0.2, 0.25) is 0 Å². The van der Waals surface area contributed by atoms with Crippen LogP contribution in [0.3, 0.4) is 0 Å². The minimum Gasteiger partial charge on any atom is -0.316 e. The molecule has 0 aromatic heterocycles. The Balaban J connectivity index is 0.00000264. The third-order valence-corrected chi connectivity index (χ3v) is 6.41. The van der Waals surface area contributed by atoms with Crippen LogP contribution in [0, 0.1) is 5.92 Å². The third-order valence-electron chi connectivity index (χ3n) is 3.81. The number of hydrogen-bond donors (Lipinski definition) is 2. The van der Waals surface area contributed by atoms with Gasteiger partial charge in [-0.05, 0) is 62.5 Å². The van der Waals surface area contributed by atoms with Crippen molar-refractivity contribution in [3.63, 3.8) is 0 Å². The van der Waals surface area contributed by atoms with Crippen LogP contribution in [0.4, 0.5) is 0 Å². The standard InChI is InChI=1S/C14H22N2O4S2.ClH/c1-21(17,18)13-4-6-14(7-5-13)22(19,20)16-10-8-12-3-2-9-15-11-12;/h4-7,12,15-16H,2-3,8-11H2,1H3;1H. The minimum absolute atomic E-state index is 0. The van der Waals surface area contributed by atoms with E-state index < -0.39 is 19.9 Å². The summed E-state index contributed by atoms with van der Waals surface area (Å²) in [5.74, 6) is 0.504. The quantitative estimate of drug-likeness (QED) is 0.770. The number of sulfone groups is 1. The third kappa shape index (κ3) is 6.04. The molecule has 23 heavy (non-hydrogen) atoms. The van der Waals surface area contributed by atoms with Crippen molar-refractivity contribution >= 4 is 32.3 Å². The van der Waals surface area contributed by atoms with Gasteiger partial charge in [-0.2, -0.15) is 0 Å². The fraction of sp³-hybridized carbons (Fsp3) is 0.571. The molecule has 1 aromatic carbocycles. The van der Waals surface area contributed by atoms with Crippen LogP contribution in [0.25, 0.3) is 0 Å². The molecule has 0 saturated carbocycles. The summed E-state index contributed by atoms with van der Waals surface area (Å²) >= 11 is 0. The fourth-order valence-corrected chi connectivity index (χ4v) is 4.20. The predicted molar refractivity (Wildman–Crippen MR) is 92.2 cm³/mol. The zero-order valence-corrected chi connectivity index (χ0v) is 15.4. The molecule has 1 aliphatic rings. The molecule has 1 unspecified atom stereocenters. The first kappa shape index (κ1) is 20.4. The number of nitrogens with one attached hydrogen (secondary N) is 2. The monoisotopic (exact) mass is 382 g/mol. The van der Waals surface area contributed by atoms with Crippen molar-refractivity contribution < 1.29 is 16.8 Å². The van der Waals surface area contributed by atoms with E-state index in [0.717, 1.165) is 38.6 Å². The van der Waals surface area contributed by atoms with Gasteiger partial charge in [-0.15, -0.1) is 12.4 Å². The molecule has 1 atom stereocenters. The van der Waals surface area contributed by atoms with Gasteiger partial charge in [0.2, 0.25) is 10.0 Å². The second kappa shape index (κ2) is 8.43. The number of hydrogen-bond acceptors (Lipinski definition) is 5. The van der Waals surface area contributed by atoms with Gasteiger partial charge in [0, 0.05) is 12.8 Å². The number of piperidine rings is 1. The van der Waals surface area contributed by atoms with Crippen molar-refractivity contribution in [3.8, 4) is 0 Å². The largest absolute Gasteiger partial charge is 0.316 e. The van der Waals surface area contributed by atoms with Crippen LogP contribution in [-0.2, 0) is 19.9 Å². The Morgan fingerprint density at radius 2 is 1.74 bits per heavy atom. The molecule has 9 heteroatoms. The molecular weight excluding hydrogens is 360 g/mol. The summed E-state index contributed by atoms with van der Waals surface area (Å²) in [6.07, 6.45) is 4.14. The number of halogens is 1. The Morgan fingerprint density at radius 1 is 1.13 bits per heavy atom. The predicted octanol–water partition coefficient (Wildman–Crippen LogP) is 1.18. The molecule has 1 fully saturated rings. The Bertz CT molecular complexity index is 697. The molecule has 1 aliphatic heterocycles. The molecule has 1 heterocycles. The smallest absolute Gasteiger partial charge is 0.240 e. The van der Waals surface area contributed by atoms with Gasteiger partial charge in [-0.1, -0.05) is 0 Å². The Hall–Kier alpha value is -0.670. The average Bonchev–Trinajstić information content (AvgIpc) is 2.47. The Morgan fingerprint density at radius 3 is 2.26 bits per heavy atom. The van der Waals surface area contributed by atoms with Gasteiger partial charge in [0.05, 0.1) is 9.79 Å². The zero-order valence-electron chi connectivity index (χ0n) is 13.0. The fourth-order valence-electron chi connectivity index (χ4n) is 2.52. The molecule has 2 rings (SSSR count). The first-order valence-corrected chi connectivity index (χ1v) is 10.7. The van der Waals surface area contributed by atoms with Crippen LogP contribution in [0.15, 0.2) is 34.1 Å². The maximum Gasteiger partial charge on any atom is 0.240 e. The molecule has 1 aromatic rings. The van der Waals surface area contributed by atoms with E-state index in [9.17, 15) is 16.8 Å². The van der Waals surface area contributed by atoms with Gasteiger partial charge < -0.3 is 5.32 Å². The lowest BCUT2D eigenvalue weighted by Gasteiger charge is -2.22. The van der Waals surface area contributed by atoms with E-state index in [2.05, 4.69) is 10.0 Å². The van der Waals surface area contributed by atoms with Crippen molar-refractivity contribution in [3.05, 3.63) is 24.3 Å². The summed E-state index contributed by atoms with van der Waals surface area (Å²) in [5, 5.41) is 3.30. The van der Waals surface area contributed by atoms with E-state index >= 15 is 0 Å². The number of rotatable bonds is 6. The average molecular weight is 383 g/mol. The van der Waals surface area contributed by atoms with E-state index in [1.54, 1.807) is 0 Å². The molecule has 1 saturated heterocycles. The summed E-state index contributed by atoms with van der Waals surface area (Å²) < 4.78 is 49.6. The molecule has 132 valence electrons. The van der Waals surface area contributed by atoms with Crippen molar-refractivity contribution in [2.75, 3.05) is 25.9 Å². The minimum atomic E-state index is -3.59. The number of benzene rings is 1. The van der Waals surface area contributed by atoms with E-state index in [1.165, 1.54) is 24.3 Å². The summed E-state index contributed by atoms with van der Waals surface area (Å²) in [6.45, 7) is 2.36. The van der Waals surface area contributed by atoms with Gasteiger partial charge in [-0.3, -0.25) is 0 Å². The van der Waals surface area contributed by atoms with Crippen LogP contribution in [0.5, 0.6) is 0 Å². The lowest BCUT2D eigenvalue weighted by atomic mass is 9.96. The van der Waals surface area contributed by atoms with Gasteiger partial charge >= 0.3 is 0 Å². The van der Waals surface area contributed by atoms with Crippen molar-refractivity contribution in [2.45, 2.75) is 29.1 Å². The van der Waals surface area contributed by atoms with Gasteiger partial charge in [-0.25, -0.2) is 21.6 Å². The normalized spacial score (nSPS) is 19.1. The highest BCUT2D eigenvalue weighted by Gasteiger charge is 2.17. The second-order valence-corrected chi connectivity index (χ2v) is 9.43. The maximum atomic E-state index is 12.2. The van der Waals surface area contributed by atoms with Crippen LogP contribution >= 0.6 is 12.4 Å². The zero-order chi connectivity index (χ0) is 16.2. The molecule has 0 aliphatic carbocycles. The Labute approximate surface area is 144 Å². The Kier molecular flexibility index (Phi) is 7.47. The lowest BCUT2D eigenvalue weighted by molar-refractivity contribution is 0.358. The molecular formula is C14H23ClN2O4S2. The maximum absolute atomic E-state index is 12.2. The van der Waals surface area contributed by atoms with Crippen LogP contribution in [-0.4, -0.2) is 42.7 Å². The topological polar surface area (TPSA) is 92.3 Å². The van der Waals surface area contributed by atoms with E-state index in [-0.39, 0.29) is 22.2 Å². The first-order chi connectivity index (χ1) is 10.3. The van der Waals surface area contributed by atoms with Crippen LogP contribution < -0.4 is 10.0 Å². The summed E-state index contributed by atoms with van der Waals surface area (Å²) in [7, 11) is -6.91. The van der Waals surface area contributed by atoms with Gasteiger partial charge in [0.1, 0.15) is 0 Å². The highest BCUT2D eigenvalue weighted by molar-refractivity contribution is 7.90. The van der Waals surface area contributed by atoms with Crippen molar-refractivity contribution in [2.24, 2.45) is 5.92 Å². The molecule has 6 nitrogen and oxygen atoms in total. The lowest BCUT2D eigenvalue weighted by Crippen LogP contribution is -2.33. The molecule has 2 N–H and O–H groups in total. The summed E-state index contributed by atoms with van der Waals surface area (Å²) in [5.41, 5.74) is 0. The second-order valence-electron chi connectivity index (χ2n) is 5.64. The molecule has 0 spiro atoms. The summed E-state index contributed by atoms with van der Waals surface area (Å²) in [4.78, 5) is 0.196. The van der Waals surface area contributed by atoms with Crippen molar-refractivity contribution in [1.82, 2.24) is 10.0 Å². The van der Waals surface area contributed by atoms with Crippen LogP contribution in [0.1, 0.15) is 19.3 Å². The molecule has 0 bridgehead atoms.